The molecule has 0 radical (unpaired) electrons. The molecule has 0 aliphatic carbocycles. The Kier molecular flexibility index (Phi) is 5.59. The summed E-state index contributed by atoms with van der Waals surface area (Å²) in [5, 5.41) is 11.2. The van der Waals surface area contributed by atoms with Crippen molar-refractivity contribution in [3.8, 4) is 0 Å². The van der Waals surface area contributed by atoms with Gasteiger partial charge in [0.2, 0.25) is 0 Å². The Bertz CT molecular complexity index is 1130. The Morgan fingerprint density at radius 1 is 0.645 bits per heavy atom. The van der Waals surface area contributed by atoms with Crippen molar-refractivity contribution in [2.24, 2.45) is 5.10 Å². The number of hydrogen-bond acceptors (Lipinski definition) is 3. The van der Waals surface area contributed by atoms with Crippen LogP contribution >= 0.6 is 0 Å². The third kappa shape index (κ3) is 4.14. The third-order valence-corrected chi connectivity index (χ3v) is 5.69. The normalized spacial score (nSPS) is 18.1. The fourth-order valence-electron chi connectivity index (χ4n) is 4.19. The van der Waals surface area contributed by atoms with Gasteiger partial charge >= 0.3 is 0 Å². The number of rotatable bonds is 6. The highest BCUT2D eigenvalue weighted by molar-refractivity contribution is 6.07. The number of hydrogen-bond donors (Lipinski definition) is 1. The van der Waals surface area contributed by atoms with Gasteiger partial charge < -0.3 is 5.32 Å². The molecule has 1 aliphatic heterocycles. The number of anilines is 1. The maximum absolute atomic E-state index is 5.17. The Balaban J connectivity index is 1.58. The van der Waals surface area contributed by atoms with Crippen LogP contribution in [0.3, 0.4) is 0 Å². The van der Waals surface area contributed by atoms with E-state index in [0.29, 0.717) is 0 Å². The second-order valence-corrected chi connectivity index (χ2v) is 7.73. The molecule has 1 aliphatic rings. The van der Waals surface area contributed by atoms with Gasteiger partial charge in [-0.15, -0.1) is 0 Å². The van der Waals surface area contributed by atoms with E-state index in [4.69, 9.17) is 5.10 Å². The summed E-state index contributed by atoms with van der Waals surface area (Å²) in [4.78, 5) is 0. The summed E-state index contributed by atoms with van der Waals surface area (Å²) >= 11 is 0. The monoisotopic (exact) mass is 403 g/mol. The minimum atomic E-state index is 0.0465. The zero-order chi connectivity index (χ0) is 20.9. The Morgan fingerprint density at radius 3 is 1.84 bits per heavy atom. The Hall–Kier alpha value is -3.69. The van der Waals surface area contributed by atoms with Crippen LogP contribution in [-0.2, 0) is 6.54 Å². The van der Waals surface area contributed by atoms with Crippen molar-refractivity contribution in [1.82, 2.24) is 5.32 Å². The SMILES string of the molecule is c1ccc(CN[C@@H]2C(c3ccccc3)=NN(c3ccccc3)[C@@H]2c2ccccc2)cc1. The summed E-state index contributed by atoms with van der Waals surface area (Å²) in [6, 6.07) is 42.3. The van der Waals surface area contributed by atoms with Crippen LogP contribution in [0.25, 0.3) is 0 Å². The zero-order valence-electron chi connectivity index (χ0n) is 17.3. The van der Waals surface area contributed by atoms with Crippen molar-refractivity contribution in [3.63, 3.8) is 0 Å². The van der Waals surface area contributed by atoms with Crippen LogP contribution in [0.4, 0.5) is 5.69 Å². The molecule has 1 N–H and O–H groups in total. The van der Waals surface area contributed by atoms with E-state index < -0.39 is 0 Å². The summed E-state index contributed by atoms with van der Waals surface area (Å²) in [5.74, 6) is 0. The lowest BCUT2D eigenvalue weighted by molar-refractivity contribution is 0.530. The predicted octanol–water partition coefficient (Wildman–Crippen LogP) is 5.81. The molecule has 0 amide bonds. The van der Waals surface area contributed by atoms with Crippen molar-refractivity contribution in [1.29, 1.82) is 0 Å². The van der Waals surface area contributed by atoms with Crippen molar-refractivity contribution >= 4 is 11.4 Å². The summed E-state index contributed by atoms with van der Waals surface area (Å²) < 4.78 is 0. The van der Waals surface area contributed by atoms with Gasteiger partial charge in [0.1, 0.15) is 0 Å². The minimum absolute atomic E-state index is 0.0465. The maximum atomic E-state index is 5.17. The van der Waals surface area contributed by atoms with E-state index in [2.05, 4.69) is 126 Å². The molecule has 0 saturated heterocycles. The lowest BCUT2D eigenvalue weighted by atomic mass is 9.92. The number of benzene rings is 4. The highest BCUT2D eigenvalue weighted by atomic mass is 15.5. The van der Waals surface area contributed by atoms with Crippen LogP contribution in [0.1, 0.15) is 22.7 Å². The molecule has 0 aromatic heterocycles. The summed E-state index contributed by atoms with van der Waals surface area (Å²) in [5.41, 5.74) is 5.81. The van der Waals surface area contributed by atoms with Crippen molar-refractivity contribution < 1.29 is 0 Å². The van der Waals surface area contributed by atoms with Gasteiger partial charge in [-0.3, -0.25) is 5.01 Å². The smallest absolute Gasteiger partial charge is 0.0986 e. The quantitative estimate of drug-likeness (QED) is 0.440. The number of para-hydroxylation sites is 1. The summed E-state index contributed by atoms with van der Waals surface area (Å²) in [6.45, 7) is 0.781. The standard InChI is InChI=1S/C28H25N3/c1-5-13-22(14-6-1)21-29-27-26(23-15-7-2-8-16-23)30-31(25-19-11-4-12-20-25)28(27)24-17-9-3-10-18-24/h1-20,27-29H,21H2/t27-,28-/m1/s1. The number of hydrazone groups is 1. The molecular weight excluding hydrogens is 378 g/mol. The second kappa shape index (κ2) is 8.99. The molecule has 0 fully saturated rings. The fourth-order valence-corrected chi connectivity index (χ4v) is 4.19. The number of nitrogens with one attached hydrogen (secondary N) is 1. The summed E-state index contributed by atoms with van der Waals surface area (Å²) in [7, 11) is 0. The van der Waals surface area contributed by atoms with Gasteiger partial charge in [0.15, 0.2) is 0 Å². The Labute approximate surface area is 183 Å². The van der Waals surface area contributed by atoms with E-state index in [-0.39, 0.29) is 12.1 Å². The van der Waals surface area contributed by atoms with Gasteiger partial charge in [0.25, 0.3) is 0 Å². The van der Waals surface area contributed by atoms with E-state index >= 15 is 0 Å². The van der Waals surface area contributed by atoms with Gasteiger partial charge in [-0.2, -0.15) is 5.10 Å². The second-order valence-electron chi connectivity index (χ2n) is 7.73. The third-order valence-electron chi connectivity index (χ3n) is 5.69. The van der Waals surface area contributed by atoms with Crippen LogP contribution < -0.4 is 10.3 Å². The molecule has 31 heavy (non-hydrogen) atoms. The molecular formula is C28H25N3. The molecule has 3 nitrogen and oxygen atoms in total. The van der Waals surface area contributed by atoms with Gasteiger partial charge in [0.05, 0.1) is 23.5 Å². The van der Waals surface area contributed by atoms with Crippen LogP contribution in [-0.4, -0.2) is 11.8 Å². The zero-order valence-corrected chi connectivity index (χ0v) is 17.3. The van der Waals surface area contributed by atoms with Crippen molar-refractivity contribution in [2.75, 3.05) is 5.01 Å². The number of nitrogens with zero attached hydrogens (tertiary/aromatic N) is 2. The van der Waals surface area contributed by atoms with E-state index in [0.717, 1.165) is 23.5 Å². The van der Waals surface area contributed by atoms with Gasteiger partial charge in [-0.1, -0.05) is 109 Å². The van der Waals surface area contributed by atoms with E-state index in [1.807, 2.05) is 6.07 Å². The topological polar surface area (TPSA) is 27.6 Å². The maximum Gasteiger partial charge on any atom is 0.0986 e. The predicted molar refractivity (Wildman–Crippen MR) is 128 cm³/mol. The lowest BCUT2D eigenvalue weighted by Gasteiger charge is -2.29. The molecule has 4 aromatic carbocycles. The first-order valence-electron chi connectivity index (χ1n) is 10.7. The van der Waals surface area contributed by atoms with Gasteiger partial charge in [-0.05, 0) is 28.8 Å². The van der Waals surface area contributed by atoms with Crippen molar-refractivity contribution in [2.45, 2.75) is 18.6 Å². The Morgan fingerprint density at radius 2 is 1.19 bits per heavy atom. The van der Waals surface area contributed by atoms with E-state index in [1.54, 1.807) is 0 Å². The largest absolute Gasteiger partial charge is 0.302 e. The van der Waals surface area contributed by atoms with Gasteiger partial charge in [-0.25, -0.2) is 0 Å². The average Bonchev–Trinajstić information content (AvgIpc) is 3.24. The van der Waals surface area contributed by atoms with Crippen molar-refractivity contribution in [3.05, 3.63) is 138 Å². The molecule has 5 rings (SSSR count). The van der Waals surface area contributed by atoms with Crippen LogP contribution in [0.5, 0.6) is 0 Å². The molecule has 0 spiro atoms. The highest BCUT2D eigenvalue weighted by Gasteiger charge is 2.39. The van der Waals surface area contributed by atoms with Gasteiger partial charge in [0, 0.05) is 6.54 Å². The first kappa shape index (κ1) is 19.3. The summed E-state index contributed by atoms with van der Waals surface area (Å²) in [6.07, 6.45) is 0. The minimum Gasteiger partial charge on any atom is -0.302 e. The first-order valence-corrected chi connectivity index (χ1v) is 10.7. The lowest BCUT2D eigenvalue weighted by Crippen LogP contribution is -2.41. The molecule has 1 heterocycles. The molecule has 3 heteroatoms. The average molecular weight is 404 g/mol. The van der Waals surface area contributed by atoms with E-state index in [1.165, 1.54) is 11.1 Å². The molecule has 152 valence electrons. The van der Waals surface area contributed by atoms with Crippen LogP contribution in [0.15, 0.2) is 126 Å². The highest BCUT2D eigenvalue weighted by Crippen LogP contribution is 2.37. The molecule has 0 unspecified atom stereocenters. The fraction of sp³-hybridized carbons (Fsp3) is 0.107. The molecule has 2 atom stereocenters. The van der Waals surface area contributed by atoms with E-state index in [9.17, 15) is 0 Å². The molecule has 4 aromatic rings. The van der Waals surface area contributed by atoms with Crippen LogP contribution in [0.2, 0.25) is 0 Å². The van der Waals surface area contributed by atoms with Crippen LogP contribution in [0, 0.1) is 0 Å². The molecule has 0 bridgehead atoms. The first-order chi connectivity index (χ1) is 15.4. The molecule has 0 saturated carbocycles.